The van der Waals surface area contributed by atoms with Crippen molar-refractivity contribution in [3.8, 4) is 0 Å². The van der Waals surface area contributed by atoms with Crippen LogP contribution in [0.25, 0.3) is 0 Å². The van der Waals surface area contributed by atoms with Crippen LogP contribution in [-0.2, 0) is 0 Å². The average Bonchev–Trinajstić information content (AvgIpc) is 2.31. The van der Waals surface area contributed by atoms with Crippen LogP contribution >= 0.6 is 15.9 Å². The van der Waals surface area contributed by atoms with Gasteiger partial charge in [-0.1, -0.05) is 22.0 Å². The number of hydrogen-bond donors (Lipinski definition) is 1. The SMILES string of the molecule is OC(c1ccc(F)cc1F)c1cc(Br)ccc1F. The molecule has 2 rings (SSSR count). The lowest BCUT2D eigenvalue weighted by Crippen LogP contribution is -2.05. The zero-order valence-electron chi connectivity index (χ0n) is 9.00. The maximum absolute atomic E-state index is 13.5. The van der Waals surface area contributed by atoms with E-state index in [2.05, 4.69) is 15.9 Å². The largest absolute Gasteiger partial charge is 0.383 e. The third-order valence-electron chi connectivity index (χ3n) is 2.51. The van der Waals surface area contributed by atoms with Crippen LogP contribution in [-0.4, -0.2) is 5.11 Å². The van der Waals surface area contributed by atoms with Crippen LogP contribution in [0.15, 0.2) is 40.9 Å². The van der Waals surface area contributed by atoms with Crippen molar-refractivity contribution >= 4 is 15.9 Å². The number of rotatable bonds is 2. The highest BCUT2D eigenvalue weighted by molar-refractivity contribution is 9.10. The molecule has 0 fully saturated rings. The first kappa shape index (κ1) is 13.1. The van der Waals surface area contributed by atoms with E-state index in [0.29, 0.717) is 10.5 Å². The molecule has 0 aliphatic carbocycles. The molecule has 2 aromatic rings. The van der Waals surface area contributed by atoms with Gasteiger partial charge >= 0.3 is 0 Å². The van der Waals surface area contributed by atoms with Gasteiger partial charge in [-0.05, 0) is 24.3 Å². The fraction of sp³-hybridized carbons (Fsp3) is 0.0769. The molecule has 0 saturated heterocycles. The van der Waals surface area contributed by atoms with Gasteiger partial charge in [0, 0.05) is 21.7 Å². The summed E-state index contributed by atoms with van der Waals surface area (Å²) in [4.78, 5) is 0. The Hall–Kier alpha value is -1.33. The van der Waals surface area contributed by atoms with Crippen molar-refractivity contribution in [2.45, 2.75) is 6.10 Å². The summed E-state index contributed by atoms with van der Waals surface area (Å²) in [5, 5.41) is 9.95. The van der Waals surface area contributed by atoms with Crippen molar-refractivity contribution in [2.75, 3.05) is 0 Å². The van der Waals surface area contributed by atoms with Gasteiger partial charge in [-0.3, -0.25) is 0 Å². The highest BCUT2D eigenvalue weighted by atomic mass is 79.9. The van der Waals surface area contributed by atoms with Gasteiger partial charge in [-0.2, -0.15) is 0 Å². The smallest absolute Gasteiger partial charge is 0.132 e. The summed E-state index contributed by atoms with van der Waals surface area (Å²) in [6.07, 6.45) is -1.48. The first-order chi connectivity index (χ1) is 8.49. The molecule has 1 unspecified atom stereocenters. The predicted molar refractivity (Wildman–Crippen MR) is 64.5 cm³/mol. The number of aliphatic hydroxyl groups is 1. The van der Waals surface area contributed by atoms with E-state index in [-0.39, 0.29) is 11.1 Å². The van der Waals surface area contributed by atoms with Crippen molar-refractivity contribution in [2.24, 2.45) is 0 Å². The topological polar surface area (TPSA) is 20.2 Å². The molecule has 18 heavy (non-hydrogen) atoms. The normalized spacial score (nSPS) is 12.5. The summed E-state index contributed by atoms with van der Waals surface area (Å²) in [5.74, 6) is -2.32. The fourth-order valence-corrected chi connectivity index (χ4v) is 1.99. The first-order valence-corrected chi connectivity index (χ1v) is 5.86. The van der Waals surface area contributed by atoms with Gasteiger partial charge in [0.05, 0.1) is 0 Å². The predicted octanol–water partition coefficient (Wildman–Crippen LogP) is 3.95. The first-order valence-electron chi connectivity index (χ1n) is 5.07. The maximum atomic E-state index is 13.5. The quantitative estimate of drug-likeness (QED) is 0.889. The summed E-state index contributed by atoms with van der Waals surface area (Å²) in [5.41, 5.74) is -0.247. The Morgan fingerprint density at radius 2 is 1.61 bits per heavy atom. The van der Waals surface area contributed by atoms with Crippen molar-refractivity contribution in [1.29, 1.82) is 0 Å². The summed E-state index contributed by atoms with van der Waals surface area (Å²) < 4.78 is 40.3. The molecule has 1 N–H and O–H groups in total. The third-order valence-corrected chi connectivity index (χ3v) is 3.00. The second-order valence-corrected chi connectivity index (χ2v) is 4.65. The number of hydrogen-bond acceptors (Lipinski definition) is 1. The van der Waals surface area contributed by atoms with Crippen LogP contribution in [0.1, 0.15) is 17.2 Å². The molecule has 94 valence electrons. The van der Waals surface area contributed by atoms with E-state index >= 15 is 0 Å². The van der Waals surface area contributed by atoms with Gasteiger partial charge in [0.25, 0.3) is 0 Å². The lowest BCUT2D eigenvalue weighted by Gasteiger charge is -2.13. The van der Waals surface area contributed by atoms with Crippen LogP contribution < -0.4 is 0 Å². The van der Waals surface area contributed by atoms with Gasteiger partial charge in [0.1, 0.15) is 23.6 Å². The zero-order valence-corrected chi connectivity index (χ0v) is 10.6. The van der Waals surface area contributed by atoms with Gasteiger partial charge in [-0.15, -0.1) is 0 Å². The van der Waals surface area contributed by atoms with E-state index in [0.717, 1.165) is 18.2 Å². The van der Waals surface area contributed by atoms with Crippen LogP contribution in [0.5, 0.6) is 0 Å². The molecule has 0 amide bonds. The van der Waals surface area contributed by atoms with Gasteiger partial charge in [0.15, 0.2) is 0 Å². The highest BCUT2D eigenvalue weighted by Crippen LogP contribution is 2.28. The zero-order chi connectivity index (χ0) is 13.3. The minimum absolute atomic E-state index is 0.0742. The van der Waals surface area contributed by atoms with Crippen molar-refractivity contribution in [3.05, 3.63) is 69.4 Å². The average molecular weight is 317 g/mol. The molecule has 0 bridgehead atoms. The molecular formula is C13H8BrF3O. The number of aliphatic hydroxyl groups excluding tert-OH is 1. The Morgan fingerprint density at radius 3 is 2.28 bits per heavy atom. The van der Waals surface area contributed by atoms with Crippen LogP contribution in [0.3, 0.4) is 0 Å². The molecule has 1 nitrogen and oxygen atoms in total. The van der Waals surface area contributed by atoms with Crippen LogP contribution in [0, 0.1) is 17.5 Å². The van der Waals surface area contributed by atoms with E-state index in [1.54, 1.807) is 0 Å². The van der Waals surface area contributed by atoms with E-state index in [1.165, 1.54) is 12.1 Å². The Kier molecular flexibility index (Phi) is 3.73. The summed E-state index contributed by atoms with van der Waals surface area (Å²) in [6, 6.07) is 6.72. The molecule has 1 atom stereocenters. The van der Waals surface area contributed by atoms with Gasteiger partial charge in [-0.25, -0.2) is 13.2 Å². The van der Waals surface area contributed by atoms with Crippen LogP contribution in [0.2, 0.25) is 0 Å². The fourth-order valence-electron chi connectivity index (χ4n) is 1.61. The molecule has 0 saturated carbocycles. The summed E-state index contributed by atoms with van der Waals surface area (Å²) in [7, 11) is 0. The van der Waals surface area contributed by atoms with Gasteiger partial charge < -0.3 is 5.11 Å². The second-order valence-electron chi connectivity index (χ2n) is 3.73. The van der Waals surface area contributed by atoms with Gasteiger partial charge in [0.2, 0.25) is 0 Å². The molecular weight excluding hydrogens is 309 g/mol. The summed E-state index contributed by atoms with van der Waals surface area (Å²) >= 11 is 3.14. The van der Waals surface area contributed by atoms with Crippen molar-refractivity contribution in [1.82, 2.24) is 0 Å². The molecule has 0 aliphatic rings. The lowest BCUT2D eigenvalue weighted by atomic mass is 10.0. The Balaban J connectivity index is 2.47. The van der Waals surface area contributed by atoms with E-state index in [4.69, 9.17) is 0 Å². The van der Waals surface area contributed by atoms with E-state index < -0.39 is 23.6 Å². The maximum Gasteiger partial charge on any atom is 0.132 e. The van der Waals surface area contributed by atoms with Crippen molar-refractivity contribution in [3.63, 3.8) is 0 Å². The minimum atomic E-state index is -1.48. The second kappa shape index (κ2) is 5.12. The Bertz CT molecular complexity index is 586. The minimum Gasteiger partial charge on any atom is -0.383 e. The van der Waals surface area contributed by atoms with Crippen LogP contribution in [0.4, 0.5) is 13.2 Å². The Labute approximate surface area is 110 Å². The van der Waals surface area contributed by atoms with E-state index in [1.807, 2.05) is 0 Å². The number of benzene rings is 2. The Morgan fingerprint density at radius 1 is 0.889 bits per heavy atom. The third kappa shape index (κ3) is 2.57. The molecule has 0 radical (unpaired) electrons. The molecule has 0 spiro atoms. The molecule has 0 aliphatic heterocycles. The molecule has 2 aromatic carbocycles. The standard InChI is InChI=1S/C13H8BrF3O/c14-7-1-4-11(16)10(5-7)13(18)9-3-2-8(15)6-12(9)17/h1-6,13,18H. The highest BCUT2D eigenvalue weighted by Gasteiger charge is 2.19. The molecule has 0 aromatic heterocycles. The van der Waals surface area contributed by atoms with E-state index in [9.17, 15) is 18.3 Å². The monoisotopic (exact) mass is 316 g/mol. The van der Waals surface area contributed by atoms with Crippen molar-refractivity contribution < 1.29 is 18.3 Å². The lowest BCUT2D eigenvalue weighted by molar-refractivity contribution is 0.209. The molecule has 0 heterocycles. The number of halogens is 4. The molecule has 5 heteroatoms. The summed E-state index contributed by atoms with van der Waals surface area (Å²) in [6.45, 7) is 0.